The van der Waals surface area contributed by atoms with Gasteiger partial charge in [0.25, 0.3) is 0 Å². The molecular formula is C24H19NO. The van der Waals surface area contributed by atoms with E-state index in [1.54, 1.807) is 6.08 Å². The van der Waals surface area contributed by atoms with Crippen molar-refractivity contribution in [3.05, 3.63) is 102 Å². The number of rotatable bonds is 4. The monoisotopic (exact) mass is 337 g/mol. The number of benzene rings is 3. The molecule has 26 heavy (non-hydrogen) atoms. The zero-order chi connectivity index (χ0) is 17.9. The molecule has 0 atom stereocenters. The lowest BCUT2D eigenvalue weighted by molar-refractivity contribution is 0.104. The second kappa shape index (κ2) is 6.85. The number of aryl methyl sites for hydroxylation is 1. The highest BCUT2D eigenvalue weighted by molar-refractivity contribution is 6.09. The minimum atomic E-state index is 0.0116. The number of hydrogen-bond donors (Lipinski definition) is 0. The summed E-state index contributed by atoms with van der Waals surface area (Å²) in [5, 5.41) is 1.14. The summed E-state index contributed by atoms with van der Waals surface area (Å²) in [6.45, 7) is 0. The summed E-state index contributed by atoms with van der Waals surface area (Å²) in [5.74, 6) is 0.0116. The Morgan fingerprint density at radius 2 is 1.42 bits per heavy atom. The van der Waals surface area contributed by atoms with Crippen molar-refractivity contribution in [3.63, 3.8) is 0 Å². The molecule has 0 saturated carbocycles. The Morgan fingerprint density at radius 1 is 0.808 bits per heavy atom. The minimum Gasteiger partial charge on any atom is -0.343 e. The Labute approximate surface area is 153 Å². The average molecular weight is 337 g/mol. The molecule has 1 aromatic heterocycles. The maximum atomic E-state index is 12.5. The van der Waals surface area contributed by atoms with Gasteiger partial charge in [-0.15, -0.1) is 0 Å². The van der Waals surface area contributed by atoms with Crippen molar-refractivity contribution in [2.45, 2.75) is 0 Å². The van der Waals surface area contributed by atoms with Crippen LogP contribution in [0.25, 0.3) is 28.2 Å². The highest BCUT2D eigenvalue weighted by Gasteiger charge is 2.14. The standard InChI is InChI=1S/C24H19NO/c1-25-22-15-9-8-14-20(22)21(24(25)19-12-6-3-7-13-19)16-17-23(26)18-10-4-2-5-11-18/h2-17H,1H3. The number of ketones is 1. The predicted octanol–water partition coefficient (Wildman–Crippen LogP) is 5.74. The largest absolute Gasteiger partial charge is 0.343 e. The van der Waals surface area contributed by atoms with Crippen LogP contribution in [0.2, 0.25) is 0 Å². The van der Waals surface area contributed by atoms with Crippen molar-refractivity contribution >= 4 is 22.8 Å². The van der Waals surface area contributed by atoms with Crippen molar-refractivity contribution in [3.8, 4) is 11.3 Å². The van der Waals surface area contributed by atoms with Crippen LogP contribution >= 0.6 is 0 Å². The average Bonchev–Trinajstić information content (AvgIpc) is 2.99. The minimum absolute atomic E-state index is 0.0116. The van der Waals surface area contributed by atoms with Crippen molar-refractivity contribution in [1.29, 1.82) is 0 Å². The van der Waals surface area contributed by atoms with E-state index in [1.807, 2.05) is 66.7 Å². The summed E-state index contributed by atoms with van der Waals surface area (Å²) in [5.41, 5.74) is 5.17. The Kier molecular flexibility index (Phi) is 4.24. The molecule has 4 rings (SSSR count). The first-order valence-electron chi connectivity index (χ1n) is 8.66. The van der Waals surface area contributed by atoms with Crippen LogP contribution in [0.4, 0.5) is 0 Å². The van der Waals surface area contributed by atoms with Gasteiger partial charge in [0.2, 0.25) is 0 Å². The zero-order valence-electron chi connectivity index (χ0n) is 14.6. The van der Waals surface area contributed by atoms with E-state index < -0.39 is 0 Å². The predicted molar refractivity (Wildman–Crippen MR) is 108 cm³/mol. The highest BCUT2D eigenvalue weighted by Crippen LogP contribution is 2.34. The topological polar surface area (TPSA) is 22.0 Å². The number of para-hydroxylation sites is 1. The molecule has 3 aromatic carbocycles. The SMILES string of the molecule is Cn1c(-c2ccccc2)c(C=CC(=O)c2ccccc2)c2ccccc21. The van der Waals surface area contributed by atoms with E-state index in [0.717, 1.165) is 27.7 Å². The molecule has 0 bridgehead atoms. The molecular weight excluding hydrogens is 318 g/mol. The van der Waals surface area contributed by atoms with E-state index in [1.165, 1.54) is 0 Å². The van der Waals surface area contributed by atoms with E-state index in [-0.39, 0.29) is 5.78 Å². The van der Waals surface area contributed by atoms with Crippen molar-refractivity contribution in [2.24, 2.45) is 7.05 Å². The third-order valence-corrected chi connectivity index (χ3v) is 4.65. The molecule has 0 aliphatic heterocycles. The number of allylic oxidation sites excluding steroid dienone is 1. The van der Waals surface area contributed by atoms with Gasteiger partial charge in [0, 0.05) is 29.1 Å². The van der Waals surface area contributed by atoms with E-state index in [0.29, 0.717) is 5.56 Å². The molecule has 0 unspecified atom stereocenters. The van der Waals surface area contributed by atoms with Crippen LogP contribution in [-0.4, -0.2) is 10.4 Å². The smallest absolute Gasteiger partial charge is 0.185 e. The number of aromatic nitrogens is 1. The molecule has 2 nitrogen and oxygen atoms in total. The molecule has 0 aliphatic rings. The molecule has 2 heteroatoms. The molecule has 0 radical (unpaired) electrons. The molecule has 0 spiro atoms. The lowest BCUT2D eigenvalue weighted by atomic mass is 10.0. The number of hydrogen-bond acceptors (Lipinski definition) is 1. The van der Waals surface area contributed by atoms with Gasteiger partial charge >= 0.3 is 0 Å². The Balaban J connectivity index is 1.86. The number of fused-ring (bicyclic) bond motifs is 1. The van der Waals surface area contributed by atoms with Gasteiger partial charge in [-0.3, -0.25) is 4.79 Å². The van der Waals surface area contributed by atoms with Gasteiger partial charge in [0.1, 0.15) is 0 Å². The quantitative estimate of drug-likeness (QED) is 0.344. The lowest BCUT2D eigenvalue weighted by Crippen LogP contribution is -1.94. The molecule has 126 valence electrons. The van der Waals surface area contributed by atoms with Crippen LogP contribution in [0.15, 0.2) is 91.0 Å². The van der Waals surface area contributed by atoms with Crippen molar-refractivity contribution in [1.82, 2.24) is 4.57 Å². The maximum Gasteiger partial charge on any atom is 0.185 e. The second-order valence-electron chi connectivity index (χ2n) is 6.27. The molecule has 0 aliphatic carbocycles. The Bertz CT molecular complexity index is 1090. The number of carbonyl (C=O) groups excluding carboxylic acids is 1. The normalized spacial score (nSPS) is 11.3. The third kappa shape index (κ3) is 2.86. The van der Waals surface area contributed by atoms with Gasteiger partial charge < -0.3 is 4.57 Å². The molecule has 0 fully saturated rings. The van der Waals surface area contributed by atoms with Crippen LogP contribution in [0.1, 0.15) is 15.9 Å². The number of nitrogens with zero attached hydrogens (tertiary/aromatic N) is 1. The first-order chi connectivity index (χ1) is 12.8. The summed E-state index contributed by atoms with van der Waals surface area (Å²) in [6, 6.07) is 27.9. The van der Waals surface area contributed by atoms with E-state index in [2.05, 4.69) is 35.9 Å². The van der Waals surface area contributed by atoms with Gasteiger partial charge in [-0.1, -0.05) is 78.9 Å². The second-order valence-corrected chi connectivity index (χ2v) is 6.27. The van der Waals surface area contributed by atoms with Crippen molar-refractivity contribution < 1.29 is 4.79 Å². The summed E-state index contributed by atoms with van der Waals surface area (Å²) in [6.07, 6.45) is 3.61. The van der Waals surface area contributed by atoms with Crippen LogP contribution in [0.3, 0.4) is 0 Å². The summed E-state index contributed by atoms with van der Waals surface area (Å²) >= 11 is 0. The van der Waals surface area contributed by atoms with Gasteiger partial charge in [-0.25, -0.2) is 0 Å². The summed E-state index contributed by atoms with van der Waals surface area (Å²) in [7, 11) is 2.07. The fourth-order valence-corrected chi connectivity index (χ4v) is 3.39. The Morgan fingerprint density at radius 3 is 2.15 bits per heavy atom. The van der Waals surface area contributed by atoms with Gasteiger partial charge in [-0.05, 0) is 23.8 Å². The van der Waals surface area contributed by atoms with Crippen LogP contribution in [-0.2, 0) is 7.05 Å². The first-order valence-corrected chi connectivity index (χ1v) is 8.66. The molecule has 0 N–H and O–H groups in total. The lowest BCUT2D eigenvalue weighted by Gasteiger charge is -2.06. The highest BCUT2D eigenvalue weighted by atomic mass is 16.1. The zero-order valence-corrected chi connectivity index (χ0v) is 14.6. The molecule has 0 amide bonds. The van der Waals surface area contributed by atoms with Crippen LogP contribution in [0, 0.1) is 0 Å². The molecule has 4 aromatic rings. The van der Waals surface area contributed by atoms with E-state index in [4.69, 9.17) is 0 Å². The van der Waals surface area contributed by atoms with Crippen LogP contribution < -0.4 is 0 Å². The Hall–Kier alpha value is -3.39. The van der Waals surface area contributed by atoms with Crippen molar-refractivity contribution in [2.75, 3.05) is 0 Å². The summed E-state index contributed by atoms with van der Waals surface area (Å²) in [4.78, 5) is 12.5. The van der Waals surface area contributed by atoms with E-state index in [9.17, 15) is 4.79 Å². The van der Waals surface area contributed by atoms with E-state index >= 15 is 0 Å². The molecule has 1 heterocycles. The van der Waals surface area contributed by atoms with Gasteiger partial charge in [0.15, 0.2) is 5.78 Å². The van der Waals surface area contributed by atoms with Crippen LogP contribution in [0.5, 0.6) is 0 Å². The fourth-order valence-electron chi connectivity index (χ4n) is 3.39. The first kappa shape index (κ1) is 16.1. The number of carbonyl (C=O) groups is 1. The van der Waals surface area contributed by atoms with Gasteiger partial charge in [0.05, 0.1) is 5.69 Å². The third-order valence-electron chi connectivity index (χ3n) is 4.65. The maximum absolute atomic E-state index is 12.5. The van der Waals surface area contributed by atoms with Gasteiger partial charge in [-0.2, -0.15) is 0 Å². The molecule has 0 saturated heterocycles. The summed E-state index contributed by atoms with van der Waals surface area (Å²) < 4.78 is 2.19. The fraction of sp³-hybridized carbons (Fsp3) is 0.0417.